The van der Waals surface area contributed by atoms with Gasteiger partial charge in [0.2, 0.25) is 0 Å². The van der Waals surface area contributed by atoms with Crippen LogP contribution in [0.15, 0.2) is 30.6 Å². The third-order valence-electron chi connectivity index (χ3n) is 2.68. The summed E-state index contributed by atoms with van der Waals surface area (Å²) in [4.78, 5) is 12.1. The van der Waals surface area contributed by atoms with Gasteiger partial charge >= 0.3 is 0 Å². The van der Waals surface area contributed by atoms with Crippen molar-refractivity contribution in [2.75, 3.05) is 23.8 Å². The third kappa shape index (κ3) is 1.88. The van der Waals surface area contributed by atoms with Crippen molar-refractivity contribution in [2.45, 2.75) is 0 Å². The topological polar surface area (TPSA) is 79.0 Å². The highest BCUT2D eigenvalue weighted by atomic mass is 16.5. The van der Waals surface area contributed by atoms with E-state index in [-0.39, 0.29) is 5.91 Å². The Morgan fingerprint density at radius 1 is 1.44 bits per heavy atom. The van der Waals surface area contributed by atoms with Crippen molar-refractivity contribution in [2.24, 2.45) is 0 Å². The highest BCUT2D eigenvalue weighted by molar-refractivity contribution is 6.07. The number of H-pyrrole nitrogens is 1. The quantitative estimate of drug-likeness (QED) is 0.747. The number of nitrogens with zero attached hydrogens (tertiary/aromatic N) is 1. The van der Waals surface area contributed by atoms with Crippen LogP contribution in [-0.4, -0.2) is 29.3 Å². The first-order chi connectivity index (χ1) is 8.84. The zero-order chi connectivity index (χ0) is 12.4. The lowest BCUT2D eigenvalue weighted by Crippen LogP contribution is -2.21. The van der Waals surface area contributed by atoms with Gasteiger partial charge in [0.25, 0.3) is 5.91 Å². The van der Waals surface area contributed by atoms with Crippen LogP contribution in [0.1, 0.15) is 10.4 Å². The van der Waals surface area contributed by atoms with E-state index >= 15 is 0 Å². The van der Waals surface area contributed by atoms with Gasteiger partial charge in [-0.05, 0) is 12.1 Å². The lowest BCUT2D eigenvalue weighted by Gasteiger charge is -2.21. The summed E-state index contributed by atoms with van der Waals surface area (Å²) in [6, 6.07) is 5.45. The summed E-state index contributed by atoms with van der Waals surface area (Å²) in [6.07, 6.45) is 3.17. The van der Waals surface area contributed by atoms with Crippen molar-refractivity contribution in [3.63, 3.8) is 0 Å². The van der Waals surface area contributed by atoms with Crippen molar-refractivity contribution in [1.29, 1.82) is 0 Å². The number of carbonyl (C=O) groups is 1. The summed E-state index contributed by atoms with van der Waals surface area (Å²) >= 11 is 0. The van der Waals surface area contributed by atoms with Crippen LogP contribution >= 0.6 is 0 Å². The second kappa shape index (κ2) is 4.40. The summed E-state index contributed by atoms with van der Waals surface area (Å²) in [7, 11) is 0. The molecule has 0 atom stereocenters. The van der Waals surface area contributed by atoms with Gasteiger partial charge in [0.15, 0.2) is 5.75 Å². The van der Waals surface area contributed by atoms with Crippen LogP contribution in [-0.2, 0) is 0 Å². The number of fused-ring (bicyclic) bond motifs is 1. The molecule has 3 rings (SSSR count). The number of ether oxygens (including phenoxy) is 1. The van der Waals surface area contributed by atoms with Crippen LogP contribution in [0.3, 0.4) is 0 Å². The molecule has 0 fully saturated rings. The number of para-hydroxylation sites is 1. The average Bonchev–Trinajstić information content (AvgIpc) is 2.91. The van der Waals surface area contributed by atoms with Crippen LogP contribution in [0, 0.1) is 0 Å². The van der Waals surface area contributed by atoms with Crippen LogP contribution in [0.4, 0.5) is 11.4 Å². The molecule has 1 aliphatic heterocycles. The van der Waals surface area contributed by atoms with Crippen molar-refractivity contribution in [3.8, 4) is 5.75 Å². The third-order valence-corrected chi connectivity index (χ3v) is 2.68. The molecule has 92 valence electrons. The van der Waals surface area contributed by atoms with Crippen LogP contribution in [0.25, 0.3) is 0 Å². The SMILES string of the molecule is O=C(Nc1cn[nH]c1)c1cccc2c1OCCN2. The van der Waals surface area contributed by atoms with Crippen molar-refractivity contribution >= 4 is 17.3 Å². The van der Waals surface area contributed by atoms with Gasteiger partial charge in [-0.1, -0.05) is 6.07 Å². The zero-order valence-electron chi connectivity index (χ0n) is 9.56. The van der Waals surface area contributed by atoms with E-state index in [9.17, 15) is 4.79 Å². The first kappa shape index (κ1) is 10.6. The fourth-order valence-electron chi connectivity index (χ4n) is 1.87. The molecular weight excluding hydrogens is 232 g/mol. The average molecular weight is 244 g/mol. The molecule has 18 heavy (non-hydrogen) atoms. The van der Waals surface area contributed by atoms with Gasteiger partial charge in [-0.3, -0.25) is 9.89 Å². The van der Waals surface area contributed by atoms with E-state index in [0.717, 1.165) is 12.2 Å². The zero-order valence-corrected chi connectivity index (χ0v) is 9.56. The number of anilines is 2. The number of nitrogens with one attached hydrogen (secondary N) is 3. The Bertz CT molecular complexity index is 565. The van der Waals surface area contributed by atoms with Crippen LogP contribution < -0.4 is 15.4 Å². The minimum absolute atomic E-state index is 0.211. The van der Waals surface area contributed by atoms with Gasteiger partial charge < -0.3 is 15.4 Å². The van der Waals surface area contributed by atoms with Gasteiger partial charge in [-0.2, -0.15) is 5.10 Å². The molecule has 6 heteroatoms. The lowest BCUT2D eigenvalue weighted by atomic mass is 10.1. The van der Waals surface area contributed by atoms with Crippen molar-refractivity contribution < 1.29 is 9.53 Å². The molecule has 2 aromatic rings. The molecule has 0 spiro atoms. The number of amides is 1. The predicted molar refractivity (Wildman–Crippen MR) is 67.0 cm³/mol. The lowest BCUT2D eigenvalue weighted by molar-refractivity contribution is 0.102. The maximum atomic E-state index is 12.1. The van der Waals surface area contributed by atoms with Gasteiger partial charge in [0.1, 0.15) is 6.61 Å². The fourth-order valence-corrected chi connectivity index (χ4v) is 1.87. The van der Waals surface area contributed by atoms with Gasteiger partial charge in [0.05, 0.1) is 23.1 Å². The van der Waals surface area contributed by atoms with Crippen molar-refractivity contribution in [3.05, 3.63) is 36.2 Å². The van der Waals surface area contributed by atoms with E-state index in [1.165, 1.54) is 0 Å². The molecule has 3 N–H and O–H groups in total. The van der Waals surface area contributed by atoms with Crippen molar-refractivity contribution in [1.82, 2.24) is 10.2 Å². The molecular formula is C12H12N4O2. The molecule has 0 saturated carbocycles. The Balaban J connectivity index is 1.89. The normalized spacial score (nSPS) is 13.1. The summed E-state index contributed by atoms with van der Waals surface area (Å²) in [5, 5.41) is 12.4. The van der Waals surface area contributed by atoms with Gasteiger partial charge in [0, 0.05) is 12.7 Å². The van der Waals surface area contributed by atoms with E-state index in [4.69, 9.17) is 4.74 Å². The van der Waals surface area contributed by atoms with Crippen LogP contribution in [0.5, 0.6) is 5.75 Å². The van der Waals surface area contributed by atoms with E-state index in [1.807, 2.05) is 12.1 Å². The highest BCUT2D eigenvalue weighted by Gasteiger charge is 2.19. The number of rotatable bonds is 2. The maximum absolute atomic E-state index is 12.1. The molecule has 0 unspecified atom stereocenters. The minimum Gasteiger partial charge on any atom is -0.489 e. The molecule has 0 bridgehead atoms. The first-order valence-electron chi connectivity index (χ1n) is 5.64. The summed E-state index contributed by atoms with van der Waals surface area (Å²) < 4.78 is 5.55. The van der Waals surface area contributed by atoms with E-state index in [0.29, 0.717) is 23.6 Å². The molecule has 1 aromatic heterocycles. The number of aromatic amines is 1. The second-order valence-electron chi connectivity index (χ2n) is 3.90. The number of aromatic nitrogens is 2. The Morgan fingerprint density at radius 2 is 2.39 bits per heavy atom. The van der Waals surface area contributed by atoms with Gasteiger partial charge in [-0.25, -0.2) is 0 Å². The maximum Gasteiger partial charge on any atom is 0.259 e. The Morgan fingerprint density at radius 3 is 3.22 bits per heavy atom. The minimum atomic E-state index is -0.211. The molecule has 0 saturated heterocycles. The molecule has 2 heterocycles. The monoisotopic (exact) mass is 244 g/mol. The van der Waals surface area contributed by atoms with E-state index < -0.39 is 0 Å². The second-order valence-corrected chi connectivity index (χ2v) is 3.90. The highest BCUT2D eigenvalue weighted by Crippen LogP contribution is 2.31. The standard InChI is InChI=1S/C12H12N4O2/c17-12(16-8-6-14-15-7-8)9-2-1-3-10-11(9)18-5-4-13-10/h1-3,6-7,13H,4-5H2,(H,14,15)(H,16,17). The van der Waals surface area contributed by atoms with Crippen LogP contribution in [0.2, 0.25) is 0 Å². The van der Waals surface area contributed by atoms with Gasteiger partial charge in [-0.15, -0.1) is 0 Å². The first-order valence-corrected chi connectivity index (χ1v) is 5.64. The fraction of sp³-hybridized carbons (Fsp3) is 0.167. The number of hydrogen-bond donors (Lipinski definition) is 3. The molecule has 1 amide bonds. The number of benzene rings is 1. The summed E-state index contributed by atoms with van der Waals surface area (Å²) in [6.45, 7) is 1.31. The number of hydrogen-bond acceptors (Lipinski definition) is 4. The summed E-state index contributed by atoms with van der Waals surface area (Å²) in [5.74, 6) is 0.390. The molecule has 6 nitrogen and oxygen atoms in total. The molecule has 0 aliphatic carbocycles. The Hall–Kier alpha value is -2.50. The molecule has 1 aromatic carbocycles. The summed E-state index contributed by atoms with van der Waals surface area (Å²) in [5.41, 5.74) is 1.99. The molecule has 1 aliphatic rings. The Labute approximate surface area is 103 Å². The molecule has 0 radical (unpaired) electrons. The predicted octanol–water partition coefficient (Wildman–Crippen LogP) is 1.47. The van der Waals surface area contributed by atoms with E-state index in [2.05, 4.69) is 20.8 Å². The smallest absolute Gasteiger partial charge is 0.259 e. The largest absolute Gasteiger partial charge is 0.489 e. The van der Waals surface area contributed by atoms with E-state index in [1.54, 1.807) is 18.5 Å². The Kier molecular flexibility index (Phi) is 2.60. The number of carbonyl (C=O) groups excluding carboxylic acids is 1.